The van der Waals surface area contributed by atoms with Gasteiger partial charge in [-0.25, -0.2) is 0 Å². The molecule has 6 nitrogen and oxygen atoms in total. The lowest BCUT2D eigenvalue weighted by atomic mass is 10.0. The molecule has 0 spiro atoms. The minimum atomic E-state index is -4.27. The Morgan fingerprint density at radius 3 is 2.54 bits per heavy atom. The molecule has 1 aliphatic heterocycles. The molecule has 0 aromatic rings. The first-order valence-corrected chi connectivity index (χ1v) is 9.33. The van der Waals surface area contributed by atoms with Crippen LogP contribution < -0.4 is 10.6 Å². The van der Waals surface area contributed by atoms with E-state index in [9.17, 15) is 13.2 Å². The maximum atomic E-state index is 11.9. The van der Waals surface area contributed by atoms with Gasteiger partial charge in [0.15, 0.2) is 5.96 Å². The van der Waals surface area contributed by atoms with Crippen LogP contribution in [0.5, 0.6) is 0 Å². The van der Waals surface area contributed by atoms with Crippen LogP contribution in [0.2, 0.25) is 0 Å². The maximum Gasteiger partial charge on any atom is 0.411 e. The lowest BCUT2D eigenvalue weighted by Crippen LogP contribution is -2.38. The van der Waals surface area contributed by atoms with Crippen LogP contribution in [0, 0.1) is 5.92 Å². The highest BCUT2D eigenvalue weighted by Gasteiger charge is 2.27. The second kappa shape index (κ2) is 14.1. The second-order valence-corrected chi connectivity index (χ2v) is 6.19. The van der Waals surface area contributed by atoms with Crippen molar-refractivity contribution in [1.29, 1.82) is 0 Å². The summed E-state index contributed by atoms with van der Waals surface area (Å²) in [5.74, 6) is 1.27. The maximum absolute atomic E-state index is 11.9. The Hall–Kier alpha value is -1.06. The molecule has 26 heavy (non-hydrogen) atoms. The van der Waals surface area contributed by atoms with Crippen LogP contribution in [0.4, 0.5) is 13.2 Å². The van der Waals surface area contributed by atoms with Gasteiger partial charge in [-0.3, -0.25) is 4.99 Å². The van der Waals surface area contributed by atoms with Gasteiger partial charge < -0.3 is 24.8 Å². The summed E-state index contributed by atoms with van der Waals surface area (Å²) < 4.78 is 51.4. The van der Waals surface area contributed by atoms with Gasteiger partial charge in [0.2, 0.25) is 0 Å². The molecule has 1 saturated heterocycles. The van der Waals surface area contributed by atoms with Gasteiger partial charge in [-0.15, -0.1) is 0 Å². The van der Waals surface area contributed by atoms with Gasteiger partial charge in [0.1, 0.15) is 6.61 Å². The molecule has 1 heterocycles. The zero-order valence-electron chi connectivity index (χ0n) is 15.6. The van der Waals surface area contributed by atoms with E-state index in [2.05, 4.69) is 20.4 Å². The first-order chi connectivity index (χ1) is 12.5. The quantitative estimate of drug-likeness (QED) is 0.308. The number of ether oxygens (including phenoxy) is 3. The highest BCUT2D eigenvalue weighted by Crippen LogP contribution is 2.15. The average molecular weight is 383 g/mol. The Labute approximate surface area is 153 Å². The topological polar surface area (TPSA) is 64.1 Å². The molecule has 0 saturated carbocycles. The van der Waals surface area contributed by atoms with E-state index in [-0.39, 0.29) is 6.61 Å². The molecule has 0 bridgehead atoms. The average Bonchev–Trinajstić information content (AvgIpc) is 2.60. The lowest BCUT2D eigenvalue weighted by molar-refractivity contribution is -0.173. The van der Waals surface area contributed by atoms with Crippen molar-refractivity contribution >= 4 is 5.96 Å². The summed E-state index contributed by atoms with van der Waals surface area (Å²) in [5.41, 5.74) is 0. The van der Waals surface area contributed by atoms with Crippen LogP contribution in [0.25, 0.3) is 0 Å². The fourth-order valence-corrected chi connectivity index (χ4v) is 2.43. The minimum Gasteiger partial charge on any atom is -0.381 e. The first-order valence-electron chi connectivity index (χ1n) is 9.33. The summed E-state index contributed by atoms with van der Waals surface area (Å²) in [6, 6.07) is 0. The zero-order valence-corrected chi connectivity index (χ0v) is 15.6. The number of hydrogen-bond acceptors (Lipinski definition) is 4. The Morgan fingerprint density at radius 2 is 1.85 bits per heavy atom. The Kier molecular flexibility index (Phi) is 12.4. The van der Waals surface area contributed by atoms with Gasteiger partial charge in [0.05, 0.1) is 0 Å². The van der Waals surface area contributed by atoms with Gasteiger partial charge in [-0.2, -0.15) is 13.2 Å². The number of rotatable bonds is 12. The Morgan fingerprint density at radius 1 is 1.12 bits per heavy atom. The van der Waals surface area contributed by atoms with Crippen LogP contribution in [-0.2, 0) is 14.2 Å². The molecule has 0 atom stereocenters. The van der Waals surface area contributed by atoms with Gasteiger partial charge in [-0.1, -0.05) is 0 Å². The molecule has 9 heteroatoms. The van der Waals surface area contributed by atoms with E-state index in [1.165, 1.54) is 0 Å². The number of alkyl halides is 3. The van der Waals surface area contributed by atoms with Crippen molar-refractivity contribution in [1.82, 2.24) is 10.6 Å². The fourth-order valence-electron chi connectivity index (χ4n) is 2.43. The van der Waals surface area contributed by atoms with Gasteiger partial charge in [0, 0.05) is 52.7 Å². The van der Waals surface area contributed by atoms with Crippen LogP contribution in [0.3, 0.4) is 0 Å². The van der Waals surface area contributed by atoms with Crippen LogP contribution in [0.15, 0.2) is 4.99 Å². The molecular weight excluding hydrogens is 351 g/mol. The summed E-state index contributed by atoms with van der Waals surface area (Å²) >= 11 is 0. The summed E-state index contributed by atoms with van der Waals surface area (Å²) in [6.45, 7) is 5.80. The van der Waals surface area contributed by atoms with E-state index in [0.29, 0.717) is 31.4 Å². The Balaban J connectivity index is 2.04. The molecule has 1 rings (SSSR count). The van der Waals surface area contributed by atoms with Crippen LogP contribution in [-0.4, -0.2) is 71.4 Å². The highest BCUT2D eigenvalue weighted by molar-refractivity contribution is 5.79. The van der Waals surface area contributed by atoms with E-state index in [0.717, 1.165) is 52.2 Å². The third-order valence-electron chi connectivity index (χ3n) is 3.78. The third-order valence-corrected chi connectivity index (χ3v) is 3.78. The molecule has 0 aromatic heterocycles. The predicted octanol–water partition coefficient (Wildman–Crippen LogP) is 2.34. The molecule has 1 fully saturated rings. The van der Waals surface area contributed by atoms with Crippen LogP contribution >= 0.6 is 0 Å². The van der Waals surface area contributed by atoms with E-state index in [1.54, 1.807) is 0 Å². The van der Waals surface area contributed by atoms with Gasteiger partial charge in [-0.05, 0) is 38.5 Å². The second-order valence-electron chi connectivity index (χ2n) is 6.19. The number of halogens is 3. The van der Waals surface area contributed by atoms with Gasteiger partial charge in [0.25, 0.3) is 0 Å². The van der Waals surface area contributed by atoms with Crippen molar-refractivity contribution in [2.24, 2.45) is 10.9 Å². The number of nitrogens with zero attached hydrogens (tertiary/aromatic N) is 1. The standard InChI is InChI=1S/C17H32F3N3O3/c1-2-21-16(23-8-4-10-26-14-17(18,19)20)22-7-3-9-25-13-15-5-11-24-12-6-15/h15H,2-14H2,1H3,(H2,21,22,23). The van der Waals surface area contributed by atoms with E-state index in [4.69, 9.17) is 9.47 Å². The highest BCUT2D eigenvalue weighted by atomic mass is 19.4. The van der Waals surface area contributed by atoms with E-state index in [1.807, 2.05) is 6.92 Å². The zero-order chi connectivity index (χ0) is 19.1. The number of guanidine groups is 1. The van der Waals surface area contributed by atoms with Crippen LogP contribution in [0.1, 0.15) is 32.6 Å². The molecule has 0 radical (unpaired) electrons. The monoisotopic (exact) mass is 383 g/mol. The molecule has 0 unspecified atom stereocenters. The summed E-state index contributed by atoms with van der Waals surface area (Å²) in [5, 5.41) is 6.30. The van der Waals surface area contributed by atoms with E-state index >= 15 is 0 Å². The number of hydrogen-bond donors (Lipinski definition) is 2. The number of aliphatic imine (C=N–C) groups is 1. The molecule has 0 amide bonds. The van der Waals surface area contributed by atoms with Crippen molar-refractivity contribution in [3.8, 4) is 0 Å². The van der Waals surface area contributed by atoms with Crippen molar-refractivity contribution in [2.45, 2.75) is 38.8 Å². The van der Waals surface area contributed by atoms with Gasteiger partial charge >= 0.3 is 6.18 Å². The third kappa shape index (κ3) is 13.2. The molecule has 1 aliphatic rings. The number of nitrogens with one attached hydrogen (secondary N) is 2. The van der Waals surface area contributed by atoms with Crippen molar-refractivity contribution in [3.63, 3.8) is 0 Å². The van der Waals surface area contributed by atoms with Crippen molar-refractivity contribution < 1.29 is 27.4 Å². The minimum absolute atomic E-state index is 0.0441. The fraction of sp³-hybridized carbons (Fsp3) is 0.941. The molecule has 154 valence electrons. The summed E-state index contributed by atoms with van der Waals surface area (Å²) in [4.78, 5) is 4.32. The predicted molar refractivity (Wildman–Crippen MR) is 94.5 cm³/mol. The largest absolute Gasteiger partial charge is 0.411 e. The van der Waals surface area contributed by atoms with E-state index < -0.39 is 12.8 Å². The van der Waals surface area contributed by atoms with Crippen molar-refractivity contribution in [3.05, 3.63) is 0 Å². The Bertz CT molecular complexity index is 376. The van der Waals surface area contributed by atoms with Crippen molar-refractivity contribution in [2.75, 3.05) is 59.3 Å². The summed E-state index contributed by atoms with van der Waals surface area (Å²) in [7, 11) is 0. The molecule has 0 aliphatic carbocycles. The first kappa shape index (κ1) is 23.0. The smallest absolute Gasteiger partial charge is 0.381 e. The molecule has 2 N–H and O–H groups in total. The SMILES string of the molecule is CCNC(=NCCCOCC(F)(F)F)NCCCOCC1CCOCC1. The summed E-state index contributed by atoms with van der Waals surface area (Å²) in [6.07, 6.45) is -0.819. The molecular formula is C17H32F3N3O3. The molecule has 0 aromatic carbocycles. The normalized spacial score (nSPS) is 16.7. The lowest BCUT2D eigenvalue weighted by Gasteiger charge is -2.21.